The normalized spacial score (nSPS) is 10.3. The molecule has 3 aromatic rings. The van der Waals surface area contributed by atoms with Crippen molar-refractivity contribution in [3.05, 3.63) is 83.7 Å². The van der Waals surface area contributed by atoms with Gasteiger partial charge in [0.25, 0.3) is 5.91 Å². The number of anilines is 3. The Labute approximate surface area is 160 Å². The van der Waals surface area contributed by atoms with E-state index < -0.39 is 0 Å². The maximum absolute atomic E-state index is 12.5. The van der Waals surface area contributed by atoms with Gasteiger partial charge < -0.3 is 15.5 Å². The number of benzene rings is 2. The Morgan fingerprint density at radius 2 is 1.74 bits per heavy atom. The minimum atomic E-state index is -0.181. The highest BCUT2D eigenvalue weighted by Crippen LogP contribution is 2.17. The predicted octanol–water partition coefficient (Wildman–Crippen LogP) is 4.32. The molecule has 5 nitrogen and oxygen atoms in total. The molecule has 1 amide bonds. The van der Waals surface area contributed by atoms with Gasteiger partial charge in [-0.25, -0.2) is 0 Å². The maximum atomic E-state index is 12.5. The van der Waals surface area contributed by atoms with Crippen molar-refractivity contribution in [3.8, 4) is 0 Å². The van der Waals surface area contributed by atoms with Crippen LogP contribution in [0.1, 0.15) is 21.5 Å². The molecule has 138 valence electrons. The lowest BCUT2D eigenvalue weighted by Gasteiger charge is -2.13. The molecule has 0 aliphatic carbocycles. The second-order valence-corrected chi connectivity index (χ2v) is 6.64. The fourth-order valence-corrected chi connectivity index (χ4v) is 2.71. The second kappa shape index (κ2) is 8.36. The van der Waals surface area contributed by atoms with E-state index in [4.69, 9.17) is 0 Å². The van der Waals surface area contributed by atoms with Gasteiger partial charge in [-0.3, -0.25) is 9.78 Å². The predicted molar refractivity (Wildman–Crippen MR) is 111 cm³/mol. The van der Waals surface area contributed by atoms with Crippen LogP contribution in [0.5, 0.6) is 0 Å². The molecule has 0 unspecified atom stereocenters. The molecule has 0 radical (unpaired) electrons. The van der Waals surface area contributed by atoms with Crippen molar-refractivity contribution >= 4 is 23.0 Å². The van der Waals surface area contributed by atoms with E-state index in [2.05, 4.69) is 34.7 Å². The topological polar surface area (TPSA) is 57.3 Å². The SMILES string of the molecule is Cc1ccccc1CNc1cncc(C(=O)Nc2ccc(N(C)C)cc2)c1. The highest BCUT2D eigenvalue weighted by atomic mass is 16.1. The molecule has 0 saturated heterocycles. The van der Waals surface area contributed by atoms with Crippen molar-refractivity contribution in [2.24, 2.45) is 0 Å². The molecule has 0 atom stereocenters. The summed E-state index contributed by atoms with van der Waals surface area (Å²) in [6.07, 6.45) is 3.30. The van der Waals surface area contributed by atoms with Crippen LogP contribution in [0, 0.1) is 6.92 Å². The summed E-state index contributed by atoms with van der Waals surface area (Å²) < 4.78 is 0. The van der Waals surface area contributed by atoms with Crippen LogP contribution in [0.2, 0.25) is 0 Å². The van der Waals surface area contributed by atoms with Crippen LogP contribution in [0.25, 0.3) is 0 Å². The Bertz CT molecular complexity index is 920. The summed E-state index contributed by atoms with van der Waals surface area (Å²) in [6.45, 7) is 2.77. The summed E-state index contributed by atoms with van der Waals surface area (Å²) in [6, 6.07) is 17.7. The number of pyridine rings is 1. The quantitative estimate of drug-likeness (QED) is 0.687. The molecule has 27 heavy (non-hydrogen) atoms. The minimum Gasteiger partial charge on any atom is -0.380 e. The zero-order valence-electron chi connectivity index (χ0n) is 15.9. The Hall–Kier alpha value is -3.34. The zero-order chi connectivity index (χ0) is 19.2. The number of amides is 1. The fourth-order valence-electron chi connectivity index (χ4n) is 2.71. The van der Waals surface area contributed by atoms with Gasteiger partial charge in [-0.2, -0.15) is 0 Å². The highest BCUT2D eigenvalue weighted by molar-refractivity contribution is 6.04. The number of carbonyl (C=O) groups is 1. The van der Waals surface area contributed by atoms with E-state index in [0.29, 0.717) is 12.1 Å². The Balaban J connectivity index is 1.65. The minimum absolute atomic E-state index is 0.181. The summed E-state index contributed by atoms with van der Waals surface area (Å²) in [4.78, 5) is 18.7. The van der Waals surface area contributed by atoms with Gasteiger partial charge in [-0.1, -0.05) is 24.3 Å². The average molecular weight is 360 g/mol. The first kappa shape index (κ1) is 18.5. The summed E-state index contributed by atoms with van der Waals surface area (Å²) >= 11 is 0. The molecule has 1 heterocycles. The Morgan fingerprint density at radius 1 is 1.00 bits per heavy atom. The number of nitrogens with one attached hydrogen (secondary N) is 2. The lowest BCUT2D eigenvalue weighted by atomic mass is 10.1. The standard InChI is InChI=1S/C22H24N4O/c1-16-6-4-5-7-17(16)14-24-20-12-18(13-23-15-20)22(27)25-19-8-10-21(11-9-19)26(2)3/h4-13,15,24H,14H2,1-3H3,(H,25,27). The average Bonchev–Trinajstić information content (AvgIpc) is 2.68. The van der Waals surface area contributed by atoms with Gasteiger partial charge in [-0.05, 0) is 48.4 Å². The molecule has 0 spiro atoms. The van der Waals surface area contributed by atoms with Crippen LogP contribution in [0.3, 0.4) is 0 Å². The molecule has 5 heteroatoms. The zero-order valence-corrected chi connectivity index (χ0v) is 15.9. The van der Waals surface area contributed by atoms with E-state index in [1.165, 1.54) is 11.1 Å². The number of hydrogen-bond donors (Lipinski definition) is 2. The van der Waals surface area contributed by atoms with E-state index in [0.717, 1.165) is 17.1 Å². The van der Waals surface area contributed by atoms with Gasteiger partial charge in [0, 0.05) is 44.4 Å². The van der Waals surface area contributed by atoms with Crippen LogP contribution in [0.4, 0.5) is 17.1 Å². The molecule has 0 aliphatic heterocycles. The van der Waals surface area contributed by atoms with E-state index in [-0.39, 0.29) is 5.91 Å². The van der Waals surface area contributed by atoms with Crippen molar-refractivity contribution < 1.29 is 4.79 Å². The monoisotopic (exact) mass is 360 g/mol. The Kier molecular flexibility index (Phi) is 5.71. The molecule has 0 aliphatic rings. The van der Waals surface area contributed by atoms with E-state index in [1.54, 1.807) is 12.4 Å². The number of carbonyl (C=O) groups excluding carboxylic acids is 1. The first-order valence-electron chi connectivity index (χ1n) is 8.85. The van der Waals surface area contributed by atoms with Gasteiger partial charge in [0.1, 0.15) is 0 Å². The molecular weight excluding hydrogens is 336 g/mol. The smallest absolute Gasteiger partial charge is 0.257 e. The lowest BCUT2D eigenvalue weighted by molar-refractivity contribution is 0.102. The third kappa shape index (κ3) is 4.85. The molecule has 3 rings (SSSR count). The number of aromatic nitrogens is 1. The molecule has 0 fully saturated rings. The summed E-state index contributed by atoms with van der Waals surface area (Å²) in [5.74, 6) is -0.181. The number of hydrogen-bond acceptors (Lipinski definition) is 4. The van der Waals surface area contributed by atoms with Crippen molar-refractivity contribution in [1.82, 2.24) is 4.98 Å². The molecular formula is C22H24N4O. The first-order chi connectivity index (χ1) is 13.0. The van der Waals surface area contributed by atoms with Crippen LogP contribution >= 0.6 is 0 Å². The van der Waals surface area contributed by atoms with Crippen molar-refractivity contribution in [3.63, 3.8) is 0 Å². The highest BCUT2D eigenvalue weighted by Gasteiger charge is 2.08. The second-order valence-electron chi connectivity index (χ2n) is 6.64. The van der Waals surface area contributed by atoms with Gasteiger partial charge in [0.2, 0.25) is 0 Å². The molecule has 1 aromatic heterocycles. The van der Waals surface area contributed by atoms with Crippen LogP contribution in [0.15, 0.2) is 67.0 Å². The summed E-state index contributed by atoms with van der Waals surface area (Å²) in [5, 5.41) is 6.24. The van der Waals surface area contributed by atoms with E-state index in [9.17, 15) is 4.79 Å². The first-order valence-corrected chi connectivity index (χ1v) is 8.85. The third-order valence-electron chi connectivity index (χ3n) is 4.39. The summed E-state index contributed by atoms with van der Waals surface area (Å²) in [7, 11) is 3.96. The number of nitrogens with zero attached hydrogens (tertiary/aromatic N) is 2. The van der Waals surface area contributed by atoms with Gasteiger partial charge >= 0.3 is 0 Å². The molecule has 0 bridgehead atoms. The van der Waals surface area contributed by atoms with Crippen molar-refractivity contribution in [1.29, 1.82) is 0 Å². The largest absolute Gasteiger partial charge is 0.380 e. The molecule has 0 saturated carbocycles. The lowest BCUT2D eigenvalue weighted by Crippen LogP contribution is -2.13. The van der Waals surface area contributed by atoms with Crippen LogP contribution in [-0.4, -0.2) is 25.0 Å². The fraction of sp³-hybridized carbons (Fsp3) is 0.182. The number of rotatable bonds is 6. The van der Waals surface area contributed by atoms with Crippen LogP contribution in [-0.2, 0) is 6.54 Å². The van der Waals surface area contributed by atoms with Gasteiger partial charge in [0.05, 0.1) is 11.3 Å². The molecule has 2 N–H and O–H groups in total. The number of aryl methyl sites for hydroxylation is 1. The van der Waals surface area contributed by atoms with Crippen molar-refractivity contribution in [2.45, 2.75) is 13.5 Å². The maximum Gasteiger partial charge on any atom is 0.257 e. The van der Waals surface area contributed by atoms with E-state index >= 15 is 0 Å². The summed E-state index contributed by atoms with van der Waals surface area (Å²) in [5.41, 5.74) is 5.61. The Morgan fingerprint density at radius 3 is 2.44 bits per heavy atom. The van der Waals surface area contributed by atoms with Gasteiger partial charge in [-0.15, -0.1) is 0 Å². The van der Waals surface area contributed by atoms with Crippen LogP contribution < -0.4 is 15.5 Å². The van der Waals surface area contributed by atoms with Gasteiger partial charge in [0.15, 0.2) is 0 Å². The molecule has 2 aromatic carbocycles. The van der Waals surface area contributed by atoms with E-state index in [1.807, 2.05) is 61.5 Å². The third-order valence-corrected chi connectivity index (χ3v) is 4.39. The van der Waals surface area contributed by atoms with Crippen molar-refractivity contribution in [2.75, 3.05) is 29.6 Å².